The summed E-state index contributed by atoms with van der Waals surface area (Å²) in [5, 5.41) is 0. The molecule has 0 spiro atoms. The van der Waals surface area contributed by atoms with Crippen molar-refractivity contribution >= 4 is 5.69 Å². The molecule has 0 aliphatic rings. The zero-order valence-electron chi connectivity index (χ0n) is 12.0. The molecule has 3 heteroatoms. The van der Waals surface area contributed by atoms with Crippen LogP contribution in [0.3, 0.4) is 0 Å². The summed E-state index contributed by atoms with van der Waals surface area (Å²) in [4.78, 5) is 2.30. The molecule has 0 amide bonds. The lowest BCUT2D eigenvalue weighted by atomic mass is 10.2. The smallest absolute Gasteiger partial charge is 0.119 e. The summed E-state index contributed by atoms with van der Waals surface area (Å²) < 4.78 is 5.78. The lowest BCUT2D eigenvalue weighted by molar-refractivity contribution is 0.324. The van der Waals surface area contributed by atoms with Gasteiger partial charge >= 0.3 is 0 Å². The predicted octanol–water partition coefficient (Wildman–Crippen LogP) is 3.05. The van der Waals surface area contributed by atoms with Crippen LogP contribution in [-0.2, 0) is 6.54 Å². The average molecular weight is 270 g/mol. The van der Waals surface area contributed by atoms with Crippen LogP contribution in [0.1, 0.15) is 12.5 Å². The molecular formula is C17H22N2O. The van der Waals surface area contributed by atoms with E-state index in [-0.39, 0.29) is 0 Å². The Kier molecular flexibility index (Phi) is 5.44. The highest BCUT2D eigenvalue weighted by molar-refractivity contribution is 5.45. The number of hydrogen-bond donors (Lipinski definition) is 1. The highest BCUT2D eigenvalue weighted by Gasteiger charge is 2.03. The summed E-state index contributed by atoms with van der Waals surface area (Å²) in [6.07, 6.45) is 0. The van der Waals surface area contributed by atoms with Crippen LogP contribution in [0.4, 0.5) is 5.69 Å². The van der Waals surface area contributed by atoms with Gasteiger partial charge in [0.05, 0.1) is 6.54 Å². The first-order valence-electron chi connectivity index (χ1n) is 7.05. The number of ether oxygens (including phenoxy) is 1. The van der Waals surface area contributed by atoms with Crippen molar-refractivity contribution in [3.63, 3.8) is 0 Å². The van der Waals surface area contributed by atoms with E-state index in [1.165, 1.54) is 5.69 Å². The van der Waals surface area contributed by atoms with Crippen LogP contribution in [0.2, 0.25) is 0 Å². The highest BCUT2D eigenvalue weighted by atomic mass is 16.5. The Hall–Kier alpha value is -2.00. The molecule has 2 rings (SSSR count). The van der Waals surface area contributed by atoms with Gasteiger partial charge in [-0.05, 0) is 36.8 Å². The fourth-order valence-corrected chi connectivity index (χ4v) is 2.10. The Morgan fingerprint density at radius 2 is 1.70 bits per heavy atom. The summed E-state index contributed by atoms with van der Waals surface area (Å²) in [6.45, 7) is 5.24. The van der Waals surface area contributed by atoms with E-state index in [0.29, 0.717) is 13.2 Å². The molecule has 0 radical (unpaired) electrons. The third kappa shape index (κ3) is 4.00. The zero-order valence-corrected chi connectivity index (χ0v) is 12.0. The van der Waals surface area contributed by atoms with Crippen LogP contribution in [0, 0.1) is 0 Å². The van der Waals surface area contributed by atoms with Gasteiger partial charge in [-0.15, -0.1) is 0 Å². The topological polar surface area (TPSA) is 38.5 Å². The summed E-state index contributed by atoms with van der Waals surface area (Å²) in [7, 11) is 0. The molecule has 3 nitrogen and oxygen atoms in total. The van der Waals surface area contributed by atoms with Crippen LogP contribution in [-0.4, -0.2) is 19.7 Å². The molecule has 0 heterocycles. The van der Waals surface area contributed by atoms with E-state index in [4.69, 9.17) is 10.5 Å². The molecule has 0 bridgehead atoms. The highest BCUT2D eigenvalue weighted by Crippen LogP contribution is 2.14. The molecule has 0 aliphatic heterocycles. The van der Waals surface area contributed by atoms with E-state index in [0.717, 1.165) is 24.4 Å². The molecule has 0 aliphatic carbocycles. The minimum atomic E-state index is 0.567. The van der Waals surface area contributed by atoms with Crippen LogP contribution < -0.4 is 15.4 Å². The molecule has 20 heavy (non-hydrogen) atoms. The Balaban J connectivity index is 1.84. The van der Waals surface area contributed by atoms with Gasteiger partial charge in [0.15, 0.2) is 0 Å². The van der Waals surface area contributed by atoms with Crippen molar-refractivity contribution in [1.29, 1.82) is 0 Å². The maximum Gasteiger partial charge on any atom is 0.119 e. The van der Waals surface area contributed by atoms with Crippen LogP contribution in [0.5, 0.6) is 5.75 Å². The fraction of sp³-hybridized carbons (Fsp3) is 0.294. The van der Waals surface area contributed by atoms with Gasteiger partial charge in [0.2, 0.25) is 0 Å². The van der Waals surface area contributed by atoms with E-state index < -0.39 is 0 Å². The van der Waals surface area contributed by atoms with Crippen LogP contribution >= 0.6 is 0 Å². The summed E-state index contributed by atoms with van der Waals surface area (Å²) >= 11 is 0. The van der Waals surface area contributed by atoms with Crippen LogP contribution in [0.15, 0.2) is 54.6 Å². The first-order chi connectivity index (χ1) is 9.83. The second-order valence-corrected chi connectivity index (χ2v) is 4.61. The molecule has 0 saturated carbocycles. The predicted molar refractivity (Wildman–Crippen MR) is 84.2 cm³/mol. The molecule has 0 fully saturated rings. The van der Waals surface area contributed by atoms with Gasteiger partial charge in [0.25, 0.3) is 0 Å². The van der Waals surface area contributed by atoms with E-state index in [1.54, 1.807) is 0 Å². The normalized spacial score (nSPS) is 10.3. The largest absolute Gasteiger partial charge is 0.492 e. The molecule has 2 N–H and O–H groups in total. The number of anilines is 1. The van der Waals surface area contributed by atoms with Crippen molar-refractivity contribution in [3.05, 3.63) is 60.2 Å². The maximum atomic E-state index is 5.78. The number of benzene rings is 2. The number of nitrogens with zero attached hydrogens (tertiary/aromatic N) is 1. The van der Waals surface area contributed by atoms with E-state index in [1.807, 2.05) is 30.3 Å². The van der Waals surface area contributed by atoms with Crippen molar-refractivity contribution in [1.82, 2.24) is 0 Å². The molecule has 0 unspecified atom stereocenters. The van der Waals surface area contributed by atoms with Crippen molar-refractivity contribution in [2.75, 3.05) is 24.6 Å². The lowest BCUT2D eigenvalue weighted by Gasteiger charge is -2.23. The second kappa shape index (κ2) is 7.56. The first kappa shape index (κ1) is 14.4. The number of rotatable bonds is 7. The molecule has 2 aromatic carbocycles. The Morgan fingerprint density at radius 1 is 1.00 bits per heavy atom. The summed E-state index contributed by atoms with van der Waals surface area (Å²) in [5.74, 6) is 0.895. The monoisotopic (exact) mass is 270 g/mol. The fourth-order valence-electron chi connectivity index (χ4n) is 2.10. The van der Waals surface area contributed by atoms with Crippen molar-refractivity contribution < 1.29 is 4.74 Å². The molecule has 0 atom stereocenters. The van der Waals surface area contributed by atoms with Gasteiger partial charge in [0.1, 0.15) is 12.4 Å². The number of para-hydroxylation sites is 1. The van der Waals surface area contributed by atoms with Gasteiger partial charge < -0.3 is 15.4 Å². The Morgan fingerprint density at radius 3 is 2.30 bits per heavy atom. The van der Waals surface area contributed by atoms with Gasteiger partial charge in [-0.2, -0.15) is 0 Å². The summed E-state index contributed by atoms with van der Waals surface area (Å²) in [6, 6.07) is 18.4. The molecule has 0 saturated heterocycles. The van der Waals surface area contributed by atoms with Gasteiger partial charge in [-0.1, -0.05) is 30.3 Å². The van der Waals surface area contributed by atoms with Crippen LogP contribution in [0.25, 0.3) is 0 Å². The molecular weight excluding hydrogens is 248 g/mol. The number of likely N-dealkylation sites (N-methyl/N-ethyl adjacent to an activating group) is 1. The summed E-state index contributed by atoms with van der Waals surface area (Å²) in [5.41, 5.74) is 7.93. The quantitative estimate of drug-likeness (QED) is 0.840. The Bertz CT molecular complexity index is 496. The van der Waals surface area contributed by atoms with Gasteiger partial charge in [-0.25, -0.2) is 0 Å². The van der Waals surface area contributed by atoms with Gasteiger partial charge in [-0.3, -0.25) is 0 Å². The number of hydrogen-bond acceptors (Lipinski definition) is 3. The Labute approximate surface area is 121 Å². The molecule has 0 aromatic heterocycles. The second-order valence-electron chi connectivity index (χ2n) is 4.61. The van der Waals surface area contributed by atoms with Gasteiger partial charge in [0, 0.05) is 18.8 Å². The van der Waals surface area contributed by atoms with Crippen molar-refractivity contribution in [2.45, 2.75) is 13.5 Å². The average Bonchev–Trinajstić information content (AvgIpc) is 2.53. The molecule has 2 aromatic rings. The SMILES string of the molecule is CCN(CCOc1ccc(CN)cc1)c1ccccc1. The minimum absolute atomic E-state index is 0.567. The zero-order chi connectivity index (χ0) is 14.2. The third-order valence-electron chi connectivity index (χ3n) is 3.29. The van der Waals surface area contributed by atoms with Crippen molar-refractivity contribution in [2.24, 2.45) is 5.73 Å². The van der Waals surface area contributed by atoms with Crippen molar-refractivity contribution in [3.8, 4) is 5.75 Å². The number of nitrogens with two attached hydrogens (primary N) is 1. The molecule has 106 valence electrons. The third-order valence-corrected chi connectivity index (χ3v) is 3.29. The maximum absolute atomic E-state index is 5.78. The van der Waals surface area contributed by atoms with E-state index in [2.05, 4.69) is 36.1 Å². The first-order valence-corrected chi connectivity index (χ1v) is 7.05. The van der Waals surface area contributed by atoms with E-state index >= 15 is 0 Å². The lowest BCUT2D eigenvalue weighted by Crippen LogP contribution is -2.27. The minimum Gasteiger partial charge on any atom is -0.492 e. The van der Waals surface area contributed by atoms with E-state index in [9.17, 15) is 0 Å². The standard InChI is InChI=1S/C17H22N2O/c1-2-19(16-6-4-3-5-7-16)12-13-20-17-10-8-15(14-18)9-11-17/h3-11H,2,12-14,18H2,1H3.